The smallest absolute Gasteiger partial charge is 0.354 e. The van der Waals surface area contributed by atoms with E-state index in [0.717, 1.165) is 29.9 Å². The molecule has 2 aromatic rings. The second-order valence-electron chi connectivity index (χ2n) is 6.24. The molecule has 1 aromatic heterocycles. The summed E-state index contributed by atoms with van der Waals surface area (Å²) in [6, 6.07) is 10.2. The quantitative estimate of drug-likeness (QED) is 0.363. The van der Waals surface area contributed by atoms with Gasteiger partial charge >= 0.3 is 5.97 Å². The molecule has 0 unspecified atom stereocenters. The first-order valence-corrected chi connectivity index (χ1v) is 8.74. The van der Waals surface area contributed by atoms with Gasteiger partial charge in [0.15, 0.2) is 0 Å². The minimum absolute atomic E-state index is 0.0716. The molecule has 27 heavy (non-hydrogen) atoms. The van der Waals surface area contributed by atoms with Crippen molar-refractivity contribution < 1.29 is 14.3 Å². The van der Waals surface area contributed by atoms with Crippen molar-refractivity contribution in [3.63, 3.8) is 0 Å². The van der Waals surface area contributed by atoms with Crippen molar-refractivity contribution in [3.05, 3.63) is 52.9 Å². The van der Waals surface area contributed by atoms with Gasteiger partial charge in [0.2, 0.25) is 5.91 Å². The summed E-state index contributed by atoms with van der Waals surface area (Å²) in [6.07, 6.45) is 2.56. The van der Waals surface area contributed by atoms with E-state index in [1.807, 2.05) is 26.0 Å². The van der Waals surface area contributed by atoms with Crippen LogP contribution in [-0.4, -0.2) is 16.4 Å². The Morgan fingerprint density at radius 1 is 1.26 bits per heavy atom. The molecular formula is C21H23N3O3. The Labute approximate surface area is 159 Å². The summed E-state index contributed by atoms with van der Waals surface area (Å²) >= 11 is 0. The van der Waals surface area contributed by atoms with E-state index in [9.17, 15) is 14.9 Å². The number of hydrogen-bond donors (Lipinski definition) is 1. The van der Waals surface area contributed by atoms with E-state index in [-0.39, 0.29) is 11.5 Å². The predicted molar refractivity (Wildman–Crippen MR) is 104 cm³/mol. The number of carbonyl (C=O) groups excluding carboxylic acids is 2. The highest BCUT2D eigenvalue weighted by Gasteiger charge is 2.15. The van der Waals surface area contributed by atoms with Crippen LogP contribution in [0.5, 0.6) is 5.75 Å². The first-order valence-electron chi connectivity index (χ1n) is 8.74. The van der Waals surface area contributed by atoms with Gasteiger partial charge in [-0.1, -0.05) is 6.92 Å². The van der Waals surface area contributed by atoms with Gasteiger partial charge in [-0.3, -0.25) is 4.79 Å². The Kier molecular flexibility index (Phi) is 6.56. The zero-order valence-electron chi connectivity index (χ0n) is 16.0. The van der Waals surface area contributed by atoms with Crippen LogP contribution in [0.1, 0.15) is 37.2 Å². The maximum Gasteiger partial charge on any atom is 0.354 e. The third-order valence-electron chi connectivity index (χ3n) is 4.09. The minimum Gasteiger partial charge on any atom is -0.422 e. The average Bonchev–Trinajstić information content (AvgIpc) is 2.88. The molecule has 0 aliphatic heterocycles. The summed E-state index contributed by atoms with van der Waals surface area (Å²) in [6.45, 7) is 8.37. The lowest BCUT2D eigenvalue weighted by atomic mass is 10.1. The van der Waals surface area contributed by atoms with Crippen molar-refractivity contribution in [2.24, 2.45) is 0 Å². The van der Waals surface area contributed by atoms with Gasteiger partial charge in [0.25, 0.3) is 0 Å². The van der Waals surface area contributed by atoms with Gasteiger partial charge < -0.3 is 14.6 Å². The standard InChI is InChI=1S/C21H23N3O3/c1-5-10-24-14(2)11-17(15(24)3)12-18(13-22)21(26)27-20-8-6-19(7-9-20)23-16(4)25/h6-9,11-12H,5,10H2,1-4H3,(H,23,25)/b18-12+. The van der Waals surface area contributed by atoms with Gasteiger partial charge in [0.1, 0.15) is 17.4 Å². The maximum atomic E-state index is 12.3. The summed E-state index contributed by atoms with van der Waals surface area (Å²) in [5.74, 6) is -0.605. The average molecular weight is 365 g/mol. The van der Waals surface area contributed by atoms with E-state index < -0.39 is 5.97 Å². The molecule has 6 nitrogen and oxygen atoms in total. The number of nitriles is 1. The number of hydrogen-bond acceptors (Lipinski definition) is 4. The lowest BCUT2D eigenvalue weighted by Gasteiger charge is -2.07. The molecule has 2 rings (SSSR count). The highest BCUT2D eigenvalue weighted by Crippen LogP contribution is 2.21. The Bertz CT molecular complexity index is 915. The second kappa shape index (κ2) is 8.86. The van der Waals surface area contributed by atoms with E-state index in [0.29, 0.717) is 11.4 Å². The molecular weight excluding hydrogens is 342 g/mol. The van der Waals surface area contributed by atoms with E-state index in [2.05, 4.69) is 16.8 Å². The van der Waals surface area contributed by atoms with Crippen LogP contribution in [0.15, 0.2) is 35.9 Å². The number of amides is 1. The number of anilines is 1. The molecule has 0 saturated carbocycles. The zero-order chi connectivity index (χ0) is 20.0. The van der Waals surface area contributed by atoms with Crippen molar-refractivity contribution in [2.45, 2.75) is 40.7 Å². The number of aromatic nitrogens is 1. The van der Waals surface area contributed by atoms with Crippen LogP contribution in [0.25, 0.3) is 6.08 Å². The summed E-state index contributed by atoms with van der Waals surface area (Å²) in [4.78, 5) is 23.4. The third kappa shape index (κ3) is 5.08. The minimum atomic E-state index is -0.718. The first-order chi connectivity index (χ1) is 12.8. The van der Waals surface area contributed by atoms with Crippen LogP contribution in [0.3, 0.4) is 0 Å². The van der Waals surface area contributed by atoms with Gasteiger partial charge in [-0.15, -0.1) is 0 Å². The fourth-order valence-corrected chi connectivity index (χ4v) is 2.81. The molecule has 1 amide bonds. The van der Waals surface area contributed by atoms with Crippen LogP contribution in [0, 0.1) is 25.2 Å². The molecule has 0 spiro atoms. The highest BCUT2D eigenvalue weighted by molar-refractivity contribution is 5.99. The summed E-state index contributed by atoms with van der Waals surface area (Å²) in [7, 11) is 0. The Morgan fingerprint density at radius 3 is 2.48 bits per heavy atom. The van der Waals surface area contributed by atoms with Gasteiger partial charge in [0, 0.05) is 30.5 Å². The van der Waals surface area contributed by atoms with Gasteiger partial charge in [-0.2, -0.15) is 5.26 Å². The van der Waals surface area contributed by atoms with E-state index in [1.165, 1.54) is 6.92 Å². The maximum absolute atomic E-state index is 12.3. The summed E-state index contributed by atoms with van der Waals surface area (Å²) in [5, 5.41) is 12.0. The van der Waals surface area contributed by atoms with Crippen LogP contribution >= 0.6 is 0 Å². The lowest BCUT2D eigenvalue weighted by Crippen LogP contribution is -2.10. The second-order valence-corrected chi connectivity index (χ2v) is 6.24. The number of esters is 1. The summed E-state index contributed by atoms with van der Waals surface area (Å²) < 4.78 is 7.43. The molecule has 0 saturated heterocycles. The summed E-state index contributed by atoms with van der Waals surface area (Å²) in [5.41, 5.74) is 3.45. The van der Waals surface area contributed by atoms with Crippen molar-refractivity contribution in [1.82, 2.24) is 4.57 Å². The van der Waals surface area contributed by atoms with E-state index in [1.54, 1.807) is 30.3 Å². The molecule has 0 aliphatic carbocycles. The number of carbonyl (C=O) groups is 2. The van der Waals surface area contributed by atoms with Crippen molar-refractivity contribution in [1.29, 1.82) is 5.26 Å². The van der Waals surface area contributed by atoms with Crippen molar-refractivity contribution >= 4 is 23.6 Å². The number of nitrogens with zero attached hydrogens (tertiary/aromatic N) is 2. The third-order valence-corrected chi connectivity index (χ3v) is 4.09. The largest absolute Gasteiger partial charge is 0.422 e. The highest BCUT2D eigenvalue weighted by atomic mass is 16.5. The molecule has 6 heteroatoms. The number of nitrogens with one attached hydrogen (secondary N) is 1. The normalized spacial score (nSPS) is 11.0. The van der Waals surface area contributed by atoms with Crippen LogP contribution < -0.4 is 10.1 Å². The lowest BCUT2D eigenvalue weighted by molar-refractivity contribution is -0.129. The molecule has 0 bridgehead atoms. The Balaban J connectivity index is 2.19. The van der Waals surface area contributed by atoms with Crippen LogP contribution in [-0.2, 0) is 16.1 Å². The molecule has 0 fully saturated rings. The van der Waals surface area contributed by atoms with Gasteiger partial charge in [-0.25, -0.2) is 4.79 Å². The van der Waals surface area contributed by atoms with E-state index >= 15 is 0 Å². The topological polar surface area (TPSA) is 84.1 Å². The molecule has 0 atom stereocenters. The zero-order valence-corrected chi connectivity index (χ0v) is 16.0. The van der Waals surface area contributed by atoms with Crippen molar-refractivity contribution in [2.75, 3.05) is 5.32 Å². The number of ether oxygens (including phenoxy) is 1. The molecule has 1 aromatic carbocycles. The Morgan fingerprint density at radius 2 is 1.93 bits per heavy atom. The van der Waals surface area contributed by atoms with Gasteiger partial charge in [0.05, 0.1) is 0 Å². The molecule has 0 radical (unpaired) electrons. The molecule has 1 heterocycles. The molecule has 1 N–H and O–H groups in total. The fourth-order valence-electron chi connectivity index (χ4n) is 2.81. The molecule has 140 valence electrons. The Hall–Kier alpha value is -3.33. The SMILES string of the molecule is CCCn1c(C)cc(/C=C(\C#N)C(=O)Oc2ccc(NC(C)=O)cc2)c1C. The van der Waals surface area contributed by atoms with Crippen molar-refractivity contribution in [3.8, 4) is 11.8 Å². The first kappa shape index (κ1) is 20.0. The van der Waals surface area contributed by atoms with Crippen LogP contribution in [0.4, 0.5) is 5.69 Å². The van der Waals surface area contributed by atoms with Gasteiger partial charge in [-0.05, 0) is 62.2 Å². The predicted octanol–water partition coefficient (Wildman–Crippen LogP) is 3.99. The number of benzene rings is 1. The molecule has 0 aliphatic rings. The van der Waals surface area contributed by atoms with E-state index in [4.69, 9.17) is 4.74 Å². The number of aryl methyl sites for hydroxylation is 1. The number of rotatable bonds is 6. The fraction of sp³-hybridized carbons (Fsp3) is 0.286. The van der Waals surface area contributed by atoms with Crippen LogP contribution in [0.2, 0.25) is 0 Å². The monoisotopic (exact) mass is 365 g/mol.